The fourth-order valence-corrected chi connectivity index (χ4v) is 1.94. The van der Waals surface area contributed by atoms with Crippen molar-refractivity contribution in [1.82, 2.24) is 0 Å². The molecule has 4 heteroatoms. The first kappa shape index (κ1) is 11.8. The van der Waals surface area contributed by atoms with Crippen molar-refractivity contribution in [3.8, 4) is 0 Å². The van der Waals surface area contributed by atoms with Crippen LogP contribution < -0.4 is 0 Å². The Hall–Kier alpha value is -0.290. The molecule has 0 aliphatic carbocycles. The van der Waals surface area contributed by atoms with E-state index in [-0.39, 0.29) is 0 Å². The van der Waals surface area contributed by atoms with E-state index < -0.39 is 11.4 Å². The van der Waals surface area contributed by atoms with Gasteiger partial charge in [0.1, 0.15) is 0 Å². The zero-order valence-corrected chi connectivity index (χ0v) is 10.8. The molecule has 0 fully saturated rings. The fourth-order valence-electron chi connectivity index (χ4n) is 1.09. The van der Waals surface area contributed by atoms with E-state index in [0.717, 1.165) is 3.57 Å². The average Bonchev–Trinajstić information content (AvgIpc) is 2.08. The van der Waals surface area contributed by atoms with Crippen molar-refractivity contribution < 1.29 is 9.90 Å². The number of carbonyl (C=O) groups is 1. The zero-order chi connectivity index (χ0) is 10.9. The first-order valence-corrected chi connectivity index (χ1v) is 5.50. The maximum Gasteiger partial charge on any atom is 0.313 e. The van der Waals surface area contributed by atoms with Crippen LogP contribution in [0, 0.1) is 3.57 Å². The summed E-state index contributed by atoms with van der Waals surface area (Å²) >= 11 is 8.09. The predicted molar refractivity (Wildman–Crippen MR) is 64.8 cm³/mol. The van der Waals surface area contributed by atoms with Crippen molar-refractivity contribution in [3.63, 3.8) is 0 Å². The summed E-state index contributed by atoms with van der Waals surface area (Å²) in [5.41, 5.74) is -0.295. The van der Waals surface area contributed by atoms with Gasteiger partial charge in [-0.1, -0.05) is 11.6 Å². The maximum atomic E-state index is 11.0. The standard InChI is InChI=1S/C10H10ClIO2/c1-10(2,9(13)14)7-5-6(12)3-4-8(7)11/h3-5H,1-2H3,(H,13,14). The number of carboxylic acid groups (broad SMARTS) is 1. The highest BCUT2D eigenvalue weighted by Gasteiger charge is 2.31. The van der Waals surface area contributed by atoms with E-state index in [1.54, 1.807) is 26.0 Å². The molecule has 0 aliphatic rings. The Labute approximate surface area is 101 Å². The van der Waals surface area contributed by atoms with Gasteiger partial charge in [-0.2, -0.15) is 0 Å². The SMILES string of the molecule is CC(C)(C(=O)O)c1cc(I)ccc1Cl. The summed E-state index contributed by atoms with van der Waals surface area (Å²) in [6.07, 6.45) is 0. The van der Waals surface area contributed by atoms with Gasteiger partial charge in [-0.25, -0.2) is 0 Å². The van der Waals surface area contributed by atoms with Gasteiger partial charge in [-0.15, -0.1) is 0 Å². The highest BCUT2D eigenvalue weighted by Crippen LogP contribution is 2.31. The quantitative estimate of drug-likeness (QED) is 0.848. The molecular formula is C10H10ClIO2. The Kier molecular flexibility index (Phi) is 3.42. The van der Waals surface area contributed by atoms with Crippen LogP contribution in [-0.2, 0) is 10.2 Å². The molecule has 76 valence electrons. The van der Waals surface area contributed by atoms with Crippen molar-refractivity contribution in [1.29, 1.82) is 0 Å². The molecule has 2 nitrogen and oxygen atoms in total. The summed E-state index contributed by atoms with van der Waals surface area (Å²) in [5.74, 6) is -0.874. The van der Waals surface area contributed by atoms with Gasteiger partial charge >= 0.3 is 5.97 Å². The van der Waals surface area contributed by atoms with Gasteiger partial charge in [0.15, 0.2) is 0 Å². The van der Waals surface area contributed by atoms with E-state index in [4.69, 9.17) is 16.7 Å². The normalized spacial score (nSPS) is 11.4. The lowest BCUT2D eigenvalue weighted by molar-refractivity contribution is -0.142. The lowest BCUT2D eigenvalue weighted by Crippen LogP contribution is -2.28. The number of carboxylic acids is 1. The Morgan fingerprint density at radius 3 is 2.57 bits per heavy atom. The van der Waals surface area contributed by atoms with Crippen LogP contribution in [0.2, 0.25) is 5.02 Å². The molecule has 1 N–H and O–H groups in total. The van der Waals surface area contributed by atoms with Crippen molar-refractivity contribution in [2.45, 2.75) is 19.3 Å². The number of rotatable bonds is 2. The second-order valence-corrected chi connectivity index (χ2v) is 5.21. The van der Waals surface area contributed by atoms with Crippen molar-refractivity contribution in [2.24, 2.45) is 0 Å². The second kappa shape index (κ2) is 4.06. The van der Waals surface area contributed by atoms with Gasteiger partial charge < -0.3 is 5.11 Å². The topological polar surface area (TPSA) is 37.3 Å². The van der Waals surface area contributed by atoms with Crippen LogP contribution in [0.5, 0.6) is 0 Å². The summed E-state index contributed by atoms with van der Waals surface area (Å²) < 4.78 is 0.983. The molecule has 0 saturated heterocycles. The molecule has 0 saturated carbocycles. The van der Waals surface area contributed by atoms with E-state index in [2.05, 4.69) is 22.6 Å². The number of hydrogen-bond donors (Lipinski definition) is 1. The molecule has 0 aliphatic heterocycles. The van der Waals surface area contributed by atoms with Crippen LogP contribution in [-0.4, -0.2) is 11.1 Å². The molecule has 1 rings (SSSR count). The maximum absolute atomic E-state index is 11.0. The van der Waals surface area contributed by atoms with E-state index in [1.807, 2.05) is 6.07 Å². The molecule has 0 spiro atoms. The molecule has 0 heterocycles. The minimum Gasteiger partial charge on any atom is -0.481 e. The largest absolute Gasteiger partial charge is 0.481 e. The van der Waals surface area contributed by atoms with Crippen molar-refractivity contribution >= 4 is 40.2 Å². The number of aliphatic carboxylic acids is 1. The summed E-state index contributed by atoms with van der Waals surface area (Å²) in [5, 5.41) is 9.55. The third kappa shape index (κ3) is 2.20. The molecule has 14 heavy (non-hydrogen) atoms. The van der Waals surface area contributed by atoms with E-state index in [9.17, 15) is 4.79 Å². The summed E-state index contributed by atoms with van der Waals surface area (Å²) in [6.45, 7) is 3.29. The highest BCUT2D eigenvalue weighted by atomic mass is 127. The highest BCUT2D eigenvalue weighted by molar-refractivity contribution is 14.1. The third-order valence-electron chi connectivity index (χ3n) is 2.14. The predicted octanol–water partition coefficient (Wildman–Crippen LogP) is 3.31. The number of benzene rings is 1. The Bertz CT molecular complexity index is 374. The monoisotopic (exact) mass is 324 g/mol. The Balaban J connectivity index is 3.31. The van der Waals surface area contributed by atoms with Crippen molar-refractivity contribution in [3.05, 3.63) is 32.4 Å². The van der Waals surface area contributed by atoms with Crippen LogP contribution in [0.3, 0.4) is 0 Å². The third-order valence-corrected chi connectivity index (χ3v) is 3.14. The zero-order valence-electron chi connectivity index (χ0n) is 7.84. The van der Waals surface area contributed by atoms with E-state index >= 15 is 0 Å². The van der Waals surface area contributed by atoms with Crippen LogP contribution in [0.4, 0.5) is 0 Å². The van der Waals surface area contributed by atoms with Gasteiger partial charge in [0.25, 0.3) is 0 Å². The first-order valence-electron chi connectivity index (χ1n) is 4.04. The van der Waals surface area contributed by atoms with Crippen LogP contribution in [0.1, 0.15) is 19.4 Å². The van der Waals surface area contributed by atoms with Gasteiger partial charge in [-0.05, 0) is 60.2 Å². The van der Waals surface area contributed by atoms with E-state index in [1.165, 1.54) is 0 Å². The van der Waals surface area contributed by atoms with Gasteiger partial charge in [0.05, 0.1) is 5.41 Å². The van der Waals surface area contributed by atoms with Crippen molar-refractivity contribution in [2.75, 3.05) is 0 Å². The van der Waals surface area contributed by atoms with Gasteiger partial charge in [-0.3, -0.25) is 4.79 Å². The molecule has 0 amide bonds. The number of halogens is 2. The summed E-state index contributed by atoms with van der Waals surface area (Å²) in [4.78, 5) is 11.0. The van der Waals surface area contributed by atoms with Gasteiger partial charge in [0, 0.05) is 8.59 Å². The van der Waals surface area contributed by atoms with Gasteiger partial charge in [0.2, 0.25) is 0 Å². The molecule has 0 radical (unpaired) electrons. The molecular weight excluding hydrogens is 314 g/mol. The molecule has 0 atom stereocenters. The van der Waals surface area contributed by atoms with Crippen LogP contribution in [0.25, 0.3) is 0 Å². The minimum atomic E-state index is -0.946. The Morgan fingerprint density at radius 2 is 2.07 bits per heavy atom. The molecule has 0 bridgehead atoms. The molecule has 1 aromatic carbocycles. The fraction of sp³-hybridized carbons (Fsp3) is 0.300. The van der Waals surface area contributed by atoms with Crippen LogP contribution in [0.15, 0.2) is 18.2 Å². The first-order chi connectivity index (χ1) is 6.35. The van der Waals surface area contributed by atoms with E-state index in [0.29, 0.717) is 10.6 Å². The summed E-state index contributed by atoms with van der Waals surface area (Å²) in [7, 11) is 0. The molecule has 0 unspecified atom stereocenters. The molecule has 1 aromatic rings. The lowest BCUT2D eigenvalue weighted by atomic mass is 9.85. The minimum absolute atomic E-state index is 0.498. The smallest absolute Gasteiger partial charge is 0.313 e. The average molecular weight is 325 g/mol. The Morgan fingerprint density at radius 1 is 1.50 bits per heavy atom. The molecule has 0 aromatic heterocycles. The number of hydrogen-bond acceptors (Lipinski definition) is 1. The van der Waals surface area contributed by atoms with Crippen LogP contribution >= 0.6 is 34.2 Å². The summed E-state index contributed by atoms with van der Waals surface area (Å²) in [6, 6.07) is 5.38. The lowest BCUT2D eigenvalue weighted by Gasteiger charge is -2.21. The second-order valence-electron chi connectivity index (χ2n) is 3.55.